The van der Waals surface area contributed by atoms with Crippen molar-refractivity contribution in [2.75, 3.05) is 13.6 Å². The fourth-order valence-corrected chi connectivity index (χ4v) is 1.95. The highest BCUT2D eigenvalue weighted by molar-refractivity contribution is 5.85. The predicted molar refractivity (Wildman–Crippen MR) is 57.0 cm³/mol. The van der Waals surface area contributed by atoms with Crippen LogP contribution in [0.4, 0.5) is 0 Å². The van der Waals surface area contributed by atoms with Crippen molar-refractivity contribution in [2.45, 2.75) is 51.5 Å². The van der Waals surface area contributed by atoms with Gasteiger partial charge in [0.15, 0.2) is 0 Å². The lowest BCUT2D eigenvalue weighted by Crippen LogP contribution is -2.35. The molecular weight excluding hydrogens is 170 g/mol. The standard InChI is InChI=1S/C10H21N.ClH/c1-3-4-7-10-8-5-6-9-11(10)2;/h10H,3-9H2,1-2H3;1H. The fourth-order valence-electron chi connectivity index (χ4n) is 1.95. The normalized spacial score (nSPS) is 25.0. The summed E-state index contributed by atoms with van der Waals surface area (Å²) in [6, 6.07) is 0.906. The first-order valence-electron chi connectivity index (χ1n) is 5.05. The Kier molecular flexibility index (Phi) is 6.87. The molecule has 0 aromatic heterocycles. The van der Waals surface area contributed by atoms with Gasteiger partial charge in [0.1, 0.15) is 0 Å². The van der Waals surface area contributed by atoms with Gasteiger partial charge in [-0.25, -0.2) is 0 Å². The van der Waals surface area contributed by atoms with E-state index in [-0.39, 0.29) is 12.4 Å². The molecule has 0 aliphatic carbocycles. The summed E-state index contributed by atoms with van der Waals surface area (Å²) in [5, 5.41) is 0. The van der Waals surface area contributed by atoms with Gasteiger partial charge in [0.2, 0.25) is 0 Å². The Morgan fingerprint density at radius 2 is 2.08 bits per heavy atom. The summed E-state index contributed by atoms with van der Waals surface area (Å²) in [5.74, 6) is 0. The average Bonchev–Trinajstić information content (AvgIpc) is 2.03. The van der Waals surface area contributed by atoms with Crippen molar-refractivity contribution in [2.24, 2.45) is 0 Å². The van der Waals surface area contributed by atoms with Crippen LogP contribution >= 0.6 is 12.4 Å². The van der Waals surface area contributed by atoms with Crippen molar-refractivity contribution < 1.29 is 0 Å². The number of piperidine rings is 1. The van der Waals surface area contributed by atoms with Crippen LogP contribution in [0.1, 0.15) is 45.4 Å². The second-order valence-corrected chi connectivity index (χ2v) is 3.77. The maximum Gasteiger partial charge on any atom is 0.00922 e. The van der Waals surface area contributed by atoms with Crippen molar-refractivity contribution in [1.29, 1.82) is 0 Å². The smallest absolute Gasteiger partial charge is 0.00922 e. The first-order valence-corrected chi connectivity index (χ1v) is 5.05. The molecule has 0 N–H and O–H groups in total. The molecule has 1 saturated heterocycles. The molecule has 0 spiro atoms. The number of rotatable bonds is 3. The molecule has 0 amide bonds. The van der Waals surface area contributed by atoms with E-state index in [9.17, 15) is 0 Å². The number of hydrogen-bond donors (Lipinski definition) is 0. The molecule has 12 heavy (non-hydrogen) atoms. The SMILES string of the molecule is CCCCC1CCCCN1C.Cl. The van der Waals surface area contributed by atoms with Crippen LogP contribution in [0.25, 0.3) is 0 Å². The fraction of sp³-hybridized carbons (Fsp3) is 1.00. The summed E-state index contributed by atoms with van der Waals surface area (Å²) in [4.78, 5) is 2.54. The Morgan fingerprint density at radius 1 is 1.33 bits per heavy atom. The largest absolute Gasteiger partial charge is 0.303 e. The average molecular weight is 192 g/mol. The van der Waals surface area contributed by atoms with Gasteiger partial charge in [-0.1, -0.05) is 26.2 Å². The van der Waals surface area contributed by atoms with Gasteiger partial charge in [-0.3, -0.25) is 0 Å². The van der Waals surface area contributed by atoms with E-state index in [0.29, 0.717) is 0 Å². The molecule has 1 heterocycles. The first kappa shape index (κ1) is 12.2. The second kappa shape index (κ2) is 6.73. The lowest BCUT2D eigenvalue weighted by atomic mass is 9.98. The number of unbranched alkanes of at least 4 members (excludes halogenated alkanes) is 1. The maximum absolute atomic E-state index is 2.54. The van der Waals surface area contributed by atoms with Gasteiger partial charge in [0.25, 0.3) is 0 Å². The van der Waals surface area contributed by atoms with Gasteiger partial charge in [0.05, 0.1) is 0 Å². The van der Waals surface area contributed by atoms with E-state index in [1.54, 1.807) is 0 Å². The van der Waals surface area contributed by atoms with Gasteiger partial charge >= 0.3 is 0 Å². The number of nitrogens with zero attached hydrogens (tertiary/aromatic N) is 1. The van der Waals surface area contributed by atoms with Gasteiger partial charge < -0.3 is 4.90 Å². The minimum atomic E-state index is 0. The molecule has 0 bridgehead atoms. The van der Waals surface area contributed by atoms with E-state index in [1.165, 1.54) is 45.1 Å². The molecule has 74 valence electrons. The lowest BCUT2D eigenvalue weighted by molar-refractivity contribution is 0.173. The lowest BCUT2D eigenvalue weighted by Gasteiger charge is -2.32. The molecular formula is C10H22ClN. The van der Waals surface area contributed by atoms with Crippen LogP contribution in [0.3, 0.4) is 0 Å². The van der Waals surface area contributed by atoms with Crippen LogP contribution in [-0.4, -0.2) is 24.5 Å². The topological polar surface area (TPSA) is 3.24 Å². The monoisotopic (exact) mass is 191 g/mol. The third-order valence-electron chi connectivity index (χ3n) is 2.81. The molecule has 0 radical (unpaired) electrons. The van der Waals surface area contributed by atoms with Gasteiger partial charge in [0, 0.05) is 6.04 Å². The predicted octanol–water partition coefficient (Wildman–Crippen LogP) is 3.08. The second-order valence-electron chi connectivity index (χ2n) is 3.77. The van der Waals surface area contributed by atoms with Crippen LogP contribution in [0, 0.1) is 0 Å². The third kappa shape index (κ3) is 3.77. The van der Waals surface area contributed by atoms with Gasteiger partial charge in [-0.05, 0) is 32.9 Å². The van der Waals surface area contributed by atoms with Crippen LogP contribution in [-0.2, 0) is 0 Å². The number of hydrogen-bond acceptors (Lipinski definition) is 1. The summed E-state index contributed by atoms with van der Waals surface area (Å²) in [5.41, 5.74) is 0. The molecule has 1 rings (SSSR count). The Bertz CT molecular complexity index is 106. The highest BCUT2D eigenvalue weighted by Gasteiger charge is 2.17. The Balaban J connectivity index is 0.00000121. The number of halogens is 1. The Labute approximate surface area is 82.9 Å². The van der Waals surface area contributed by atoms with Crippen LogP contribution < -0.4 is 0 Å². The molecule has 0 aromatic rings. The van der Waals surface area contributed by atoms with E-state index >= 15 is 0 Å². The highest BCUT2D eigenvalue weighted by atomic mass is 35.5. The van der Waals surface area contributed by atoms with E-state index < -0.39 is 0 Å². The van der Waals surface area contributed by atoms with Crippen molar-refractivity contribution in [1.82, 2.24) is 4.90 Å². The summed E-state index contributed by atoms with van der Waals surface area (Å²) < 4.78 is 0. The van der Waals surface area contributed by atoms with E-state index in [4.69, 9.17) is 0 Å². The van der Waals surface area contributed by atoms with Crippen molar-refractivity contribution in [3.8, 4) is 0 Å². The Hall–Kier alpha value is 0.250. The van der Waals surface area contributed by atoms with Crippen molar-refractivity contribution >= 4 is 12.4 Å². The van der Waals surface area contributed by atoms with Crippen LogP contribution in [0.2, 0.25) is 0 Å². The first-order chi connectivity index (χ1) is 5.34. The highest BCUT2D eigenvalue weighted by Crippen LogP contribution is 2.19. The quantitative estimate of drug-likeness (QED) is 0.663. The zero-order valence-corrected chi connectivity index (χ0v) is 9.20. The molecule has 1 fully saturated rings. The van der Waals surface area contributed by atoms with Gasteiger partial charge in [-0.2, -0.15) is 0 Å². The zero-order chi connectivity index (χ0) is 8.10. The number of likely N-dealkylation sites (tertiary alicyclic amines) is 1. The van der Waals surface area contributed by atoms with E-state index in [2.05, 4.69) is 18.9 Å². The molecule has 2 heteroatoms. The maximum atomic E-state index is 2.54. The summed E-state index contributed by atoms with van der Waals surface area (Å²) in [6.07, 6.45) is 8.50. The van der Waals surface area contributed by atoms with Crippen LogP contribution in [0.15, 0.2) is 0 Å². The molecule has 0 aromatic carbocycles. The van der Waals surface area contributed by atoms with Crippen molar-refractivity contribution in [3.63, 3.8) is 0 Å². The molecule has 1 aliphatic heterocycles. The minimum absolute atomic E-state index is 0. The molecule has 1 unspecified atom stereocenters. The molecule has 1 atom stereocenters. The van der Waals surface area contributed by atoms with Crippen LogP contribution in [0.5, 0.6) is 0 Å². The van der Waals surface area contributed by atoms with E-state index in [1.807, 2.05) is 0 Å². The Morgan fingerprint density at radius 3 is 2.67 bits per heavy atom. The molecule has 1 aliphatic rings. The minimum Gasteiger partial charge on any atom is -0.303 e. The molecule has 1 nitrogen and oxygen atoms in total. The summed E-state index contributed by atoms with van der Waals surface area (Å²) in [6.45, 7) is 3.61. The summed E-state index contributed by atoms with van der Waals surface area (Å²) >= 11 is 0. The van der Waals surface area contributed by atoms with Gasteiger partial charge in [-0.15, -0.1) is 12.4 Å². The van der Waals surface area contributed by atoms with E-state index in [0.717, 1.165) is 6.04 Å². The third-order valence-corrected chi connectivity index (χ3v) is 2.81. The van der Waals surface area contributed by atoms with Crippen molar-refractivity contribution in [3.05, 3.63) is 0 Å². The summed E-state index contributed by atoms with van der Waals surface area (Å²) in [7, 11) is 2.28. The zero-order valence-electron chi connectivity index (χ0n) is 8.38. The molecule has 0 saturated carbocycles.